The maximum atomic E-state index is 12.1. The number of nitrogens with zero attached hydrogens (tertiary/aromatic N) is 3. The molecule has 3 rings (SSSR count). The minimum Gasteiger partial charge on any atom is -0.355 e. The summed E-state index contributed by atoms with van der Waals surface area (Å²) in [4.78, 5) is 14.4. The Kier molecular flexibility index (Phi) is 5.41. The third-order valence-electron chi connectivity index (χ3n) is 4.41. The van der Waals surface area contributed by atoms with E-state index in [0.29, 0.717) is 18.2 Å². The Balaban J connectivity index is 1.52. The Hall–Kier alpha value is -2.43. The highest BCUT2D eigenvalue weighted by atomic mass is 16.1. The summed E-state index contributed by atoms with van der Waals surface area (Å²) in [7, 11) is 0. The summed E-state index contributed by atoms with van der Waals surface area (Å²) in [5.74, 6) is 1.38. The average Bonchev–Trinajstić information content (AvgIpc) is 2.63. The van der Waals surface area contributed by atoms with Gasteiger partial charge in [-0.2, -0.15) is 0 Å². The number of anilines is 1. The van der Waals surface area contributed by atoms with E-state index in [9.17, 15) is 4.79 Å². The second kappa shape index (κ2) is 7.90. The zero-order chi connectivity index (χ0) is 16.8. The summed E-state index contributed by atoms with van der Waals surface area (Å²) < 4.78 is 0. The van der Waals surface area contributed by atoms with Crippen LogP contribution < -0.4 is 10.2 Å². The van der Waals surface area contributed by atoms with Crippen molar-refractivity contribution in [3.8, 4) is 0 Å². The first-order chi connectivity index (χ1) is 11.7. The Labute approximate surface area is 143 Å². The molecule has 0 bridgehead atoms. The van der Waals surface area contributed by atoms with E-state index < -0.39 is 0 Å². The minimum absolute atomic E-state index is 0.169. The summed E-state index contributed by atoms with van der Waals surface area (Å²) in [6, 6.07) is 13.8. The quantitative estimate of drug-likeness (QED) is 0.919. The van der Waals surface area contributed by atoms with Crippen LogP contribution in [0.4, 0.5) is 5.82 Å². The molecule has 0 aliphatic carbocycles. The lowest BCUT2D eigenvalue weighted by atomic mass is 10.0. The van der Waals surface area contributed by atoms with Crippen LogP contribution in [0.15, 0.2) is 42.5 Å². The summed E-state index contributed by atoms with van der Waals surface area (Å²) >= 11 is 0. The van der Waals surface area contributed by atoms with E-state index in [-0.39, 0.29) is 5.91 Å². The van der Waals surface area contributed by atoms with Gasteiger partial charge in [-0.25, -0.2) is 0 Å². The molecule has 24 heavy (non-hydrogen) atoms. The van der Waals surface area contributed by atoms with E-state index in [4.69, 9.17) is 0 Å². The molecule has 1 saturated heterocycles. The number of nitrogens with one attached hydrogen (secondary N) is 1. The van der Waals surface area contributed by atoms with Gasteiger partial charge < -0.3 is 10.2 Å². The molecule has 0 spiro atoms. The molecule has 1 fully saturated rings. The van der Waals surface area contributed by atoms with Crippen molar-refractivity contribution < 1.29 is 4.79 Å². The lowest BCUT2D eigenvalue weighted by molar-refractivity contribution is 0.0948. The van der Waals surface area contributed by atoms with Gasteiger partial charge in [0, 0.05) is 19.6 Å². The van der Waals surface area contributed by atoms with Gasteiger partial charge in [-0.3, -0.25) is 4.79 Å². The Morgan fingerprint density at radius 2 is 2.04 bits per heavy atom. The number of piperidine rings is 1. The van der Waals surface area contributed by atoms with Crippen molar-refractivity contribution in [1.29, 1.82) is 0 Å². The molecular formula is C19H24N4O. The Bertz CT molecular complexity index is 657. The first-order valence-electron chi connectivity index (χ1n) is 8.63. The van der Waals surface area contributed by atoms with Gasteiger partial charge in [0.2, 0.25) is 0 Å². The van der Waals surface area contributed by atoms with E-state index >= 15 is 0 Å². The zero-order valence-corrected chi connectivity index (χ0v) is 14.1. The highest BCUT2D eigenvalue weighted by Crippen LogP contribution is 2.20. The van der Waals surface area contributed by atoms with Crippen molar-refractivity contribution in [1.82, 2.24) is 15.5 Å². The molecular weight excluding hydrogens is 300 g/mol. The largest absolute Gasteiger partial charge is 0.355 e. The van der Waals surface area contributed by atoms with Crippen LogP contribution in [0.2, 0.25) is 0 Å². The standard InChI is InChI=1S/C19H24N4O/c1-15-6-5-13-23(14-15)18-10-9-17(21-22-18)19(24)20-12-11-16-7-3-2-4-8-16/h2-4,7-10,15H,5-6,11-14H2,1H3,(H,20,24). The van der Waals surface area contributed by atoms with Gasteiger partial charge in [-0.15, -0.1) is 10.2 Å². The van der Waals surface area contributed by atoms with Gasteiger partial charge in [0.1, 0.15) is 0 Å². The fraction of sp³-hybridized carbons (Fsp3) is 0.421. The van der Waals surface area contributed by atoms with Crippen LogP contribution in [0.25, 0.3) is 0 Å². The summed E-state index contributed by atoms with van der Waals surface area (Å²) in [5.41, 5.74) is 1.58. The Morgan fingerprint density at radius 3 is 2.75 bits per heavy atom. The fourth-order valence-electron chi connectivity index (χ4n) is 3.07. The second-order valence-corrected chi connectivity index (χ2v) is 6.46. The first-order valence-corrected chi connectivity index (χ1v) is 8.63. The zero-order valence-electron chi connectivity index (χ0n) is 14.1. The van der Waals surface area contributed by atoms with Crippen LogP contribution in [0.3, 0.4) is 0 Å². The number of rotatable bonds is 5. The highest BCUT2D eigenvalue weighted by molar-refractivity contribution is 5.92. The molecule has 5 heteroatoms. The Morgan fingerprint density at radius 1 is 1.21 bits per heavy atom. The number of benzene rings is 1. The predicted molar refractivity (Wildman–Crippen MR) is 95.1 cm³/mol. The molecule has 2 aromatic rings. The van der Waals surface area contributed by atoms with Gasteiger partial charge in [0.25, 0.3) is 5.91 Å². The van der Waals surface area contributed by atoms with E-state index in [1.807, 2.05) is 24.3 Å². The van der Waals surface area contributed by atoms with Crippen molar-refractivity contribution in [2.24, 2.45) is 5.92 Å². The predicted octanol–water partition coefficient (Wildman–Crippen LogP) is 2.69. The maximum absolute atomic E-state index is 12.1. The molecule has 1 aliphatic rings. The summed E-state index contributed by atoms with van der Waals surface area (Å²) in [5, 5.41) is 11.2. The lowest BCUT2D eigenvalue weighted by Crippen LogP contribution is -2.35. The summed E-state index contributed by atoms with van der Waals surface area (Å²) in [6.07, 6.45) is 3.26. The third kappa shape index (κ3) is 4.31. The molecule has 1 amide bonds. The molecule has 1 aliphatic heterocycles. The van der Waals surface area contributed by atoms with Crippen LogP contribution in [0, 0.1) is 5.92 Å². The molecule has 126 valence electrons. The number of hydrogen-bond donors (Lipinski definition) is 1. The van der Waals surface area contributed by atoms with Crippen molar-refractivity contribution >= 4 is 11.7 Å². The van der Waals surface area contributed by atoms with E-state index in [1.165, 1.54) is 18.4 Å². The molecule has 0 radical (unpaired) electrons. The monoisotopic (exact) mass is 324 g/mol. The molecule has 1 unspecified atom stereocenters. The van der Waals surface area contributed by atoms with Gasteiger partial charge in [-0.1, -0.05) is 37.3 Å². The number of aromatic nitrogens is 2. The number of amides is 1. The lowest BCUT2D eigenvalue weighted by Gasteiger charge is -2.31. The molecule has 5 nitrogen and oxygen atoms in total. The van der Waals surface area contributed by atoms with Crippen LogP contribution in [0.5, 0.6) is 0 Å². The minimum atomic E-state index is -0.169. The van der Waals surface area contributed by atoms with Crippen LogP contribution in [0.1, 0.15) is 35.8 Å². The van der Waals surface area contributed by atoms with Gasteiger partial charge in [0.05, 0.1) is 0 Å². The fourth-order valence-corrected chi connectivity index (χ4v) is 3.07. The molecule has 2 heterocycles. The van der Waals surface area contributed by atoms with Crippen molar-refractivity contribution in [2.45, 2.75) is 26.2 Å². The smallest absolute Gasteiger partial charge is 0.271 e. The van der Waals surface area contributed by atoms with E-state index in [0.717, 1.165) is 25.3 Å². The van der Waals surface area contributed by atoms with Crippen LogP contribution in [-0.4, -0.2) is 35.7 Å². The molecule has 1 aromatic heterocycles. The van der Waals surface area contributed by atoms with Crippen LogP contribution >= 0.6 is 0 Å². The normalized spacial score (nSPS) is 17.5. The average molecular weight is 324 g/mol. The van der Waals surface area contributed by atoms with Gasteiger partial charge in [-0.05, 0) is 42.9 Å². The van der Waals surface area contributed by atoms with Crippen molar-refractivity contribution in [3.63, 3.8) is 0 Å². The number of hydrogen-bond acceptors (Lipinski definition) is 4. The highest BCUT2D eigenvalue weighted by Gasteiger charge is 2.18. The number of carbonyl (C=O) groups is 1. The van der Waals surface area contributed by atoms with E-state index in [1.54, 1.807) is 6.07 Å². The summed E-state index contributed by atoms with van der Waals surface area (Å²) in [6.45, 7) is 4.88. The SMILES string of the molecule is CC1CCCN(c2ccc(C(=O)NCCc3ccccc3)nn2)C1. The second-order valence-electron chi connectivity index (χ2n) is 6.46. The van der Waals surface area contributed by atoms with E-state index in [2.05, 4.69) is 39.5 Å². The van der Waals surface area contributed by atoms with Crippen molar-refractivity contribution in [3.05, 3.63) is 53.7 Å². The molecule has 1 N–H and O–H groups in total. The first kappa shape index (κ1) is 16.4. The van der Waals surface area contributed by atoms with Gasteiger partial charge >= 0.3 is 0 Å². The molecule has 0 saturated carbocycles. The maximum Gasteiger partial charge on any atom is 0.271 e. The number of carbonyl (C=O) groups excluding carboxylic acids is 1. The van der Waals surface area contributed by atoms with Crippen molar-refractivity contribution in [2.75, 3.05) is 24.5 Å². The molecule has 1 aromatic carbocycles. The van der Waals surface area contributed by atoms with Crippen LogP contribution in [-0.2, 0) is 6.42 Å². The van der Waals surface area contributed by atoms with Gasteiger partial charge in [0.15, 0.2) is 11.5 Å². The molecule has 1 atom stereocenters. The third-order valence-corrected chi connectivity index (χ3v) is 4.41. The topological polar surface area (TPSA) is 58.1 Å².